The van der Waals surface area contributed by atoms with E-state index in [0.29, 0.717) is 12.8 Å². The first kappa shape index (κ1) is 50.2. The highest BCUT2D eigenvalue weighted by molar-refractivity contribution is 7.47. The van der Waals surface area contributed by atoms with Crippen molar-refractivity contribution in [1.82, 2.24) is 5.32 Å². The summed E-state index contributed by atoms with van der Waals surface area (Å²) in [6.07, 6.45) is 33.9. The van der Waals surface area contributed by atoms with Crippen LogP contribution in [0.2, 0.25) is 0 Å². The van der Waals surface area contributed by atoms with E-state index in [-0.39, 0.29) is 12.8 Å². The predicted octanol–water partition coefficient (Wildman–Crippen LogP) is 10.1. The fourth-order valence-corrected chi connectivity index (χ4v) is 6.55. The first-order valence-corrected chi connectivity index (χ1v) is 22.2. The van der Waals surface area contributed by atoms with Gasteiger partial charge in [0.15, 0.2) is 6.04 Å². The highest BCUT2D eigenvalue weighted by atomic mass is 31.2. The van der Waals surface area contributed by atoms with Gasteiger partial charge in [0, 0.05) is 12.8 Å². The van der Waals surface area contributed by atoms with Crippen molar-refractivity contribution in [2.45, 2.75) is 206 Å². The number of ether oxygens (including phenoxy) is 1. The molecule has 11 nitrogen and oxygen atoms in total. The highest BCUT2D eigenvalue weighted by Gasteiger charge is 2.28. The lowest BCUT2D eigenvalue weighted by atomic mass is 10.1. The van der Waals surface area contributed by atoms with E-state index < -0.39 is 57.6 Å². The molecule has 0 aromatic rings. The van der Waals surface area contributed by atoms with E-state index in [0.717, 1.165) is 44.9 Å². The Hall–Kier alpha value is -1.78. The number of aliphatic hydroxyl groups is 1. The van der Waals surface area contributed by atoms with Crippen LogP contribution in [0.5, 0.6) is 0 Å². The van der Waals surface area contributed by atoms with Crippen LogP contribution in [0.25, 0.3) is 0 Å². The number of carboxylic acid groups (broad SMARTS) is 1. The maximum atomic E-state index is 12.2. The summed E-state index contributed by atoms with van der Waals surface area (Å²) in [7, 11) is -4.74. The Labute approximate surface area is 316 Å². The summed E-state index contributed by atoms with van der Waals surface area (Å²) >= 11 is 0. The summed E-state index contributed by atoms with van der Waals surface area (Å²) in [5.74, 6) is -2.37. The van der Waals surface area contributed by atoms with Crippen LogP contribution in [0.4, 0.5) is 0 Å². The molecule has 4 N–H and O–H groups in total. The number of nitrogens with one attached hydrogen (secondary N) is 1. The van der Waals surface area contributed by atoms with Crippen molar-refractivity contribution in [3.8, 4) is 0 Å². The Balaban J connectivity index is 3.87. The quantitative estimate of drug-likeness (QED) is 0.0205. The predicted molar refractivity (Wildman–Crippen MR) is 208 cm³/mol. The lowest BCUT2D eigenvalue weighted by molar-refractivity contribution is -0.147. The molecule has 0 aliphatic rings. The Morgan fingerprint density at radius 1 is 0.596 bits per heavy atom. The lowest BCUT2D eigenvalue weighted by Crippen LogP contribution is -2.43. The van der Waals surface area contributed by atoms with Gasteiger partial charge in [-0.2, -0.15) is 0 Å². The van der Waals surface area contributed by atoms with Crippen LogP contribution >= 0.6 is 7.82 Å². The number of aliphatic hydroxyl groups excluding tert-OH is 1. The first-order chi connectivity index (χ1) is 25.1. The average molecular weight is 762 g/mol. The molecule has 0 aromatic heterocycles. The molecule has 0 spiro atoms. The van der Waals surface area contributed by atoms with Crippen molar-refractivity contribution < 1.29 is 47.8 Å². The van der Waals surface area contributed by atoms with Gasteiger partial charge in [-0.1, -0.05) is 154 Å². The van der Waals surface area contributed by atoms with Crippen LogP contribution in [0.3, 0.4) is 0 Å². The third-order valence-electron chi connectivity index (χ3n) is 9.05. The van der Waals surface area contributed by atoms with E-state index in [4.69, 9.17) is 13.8 Å². The number of esters is 1. The number of phosphoric acid groups is 1. The molecule has 0 saturated carbocycles. The van der Waals surface area contributed by atoms with Crippen molar-refractivity contribution in [1.29, 1.82) is 0 Å². The number of hydrogen-bond donors (Lipinski definition) is 4. The number of carbonyl (C=O) groups is 3. The summed E-state index contributed by atoms with van der Waals surface area (Å²) in [5, 5.41) is 21.7. The molecule has 12 heteroatoms. The zero-order valence-corrected chi connectivity index (χ0v) is 33.8. The fraction of sp³-hybridized carbons (Fsp3) is 0.875. The number of phosphoric ester groups is 1. The molecule has 0 aliphatic heterocycles. The summed E-state index contributed by atoms with van der Waals surface area (Å²) in [6.45, 7) is 2.56. The van der Waals surface area contributed by atoms with Gasteiger partial charge in [-0.25, -0.2) is 9.36 Å². The molecule has 52 heavy (non-hydrogen) atoms. The highest BCUT2D eigenvalue weighted by Crippen LogP contribution is 2.43. The maximum absolute atomic E-state index is 12.2. The van der Waals surface area contributed by atoms with Crippen molar-refractivity contribution in [2.24, 2.45) is 0 Å². The minimum atomic E-state index is -4.74. The van der Waals surface area contributed by atoms with E-state index >= 15 is 0 Å². The smallest absolute Gasteiger partial charge is 0.472 e. The Morgan fingerprint density at radius 2 is 1.00 bits per heavy atom. The zero-order chi connectivity index (χ0) is 38.5. The normalized spacial score (nSPS) is 13.9. The molecule has 306 valence electrons. The number of allylic oxidation sites excluding steroid dienone is 2. The number of rotatable bonds is 39. The first-order valence-electron chi connectivity index (χ1n) is 20.7. The Bertz CT molecular complexity index is 947. The molecule has 0 radical (unpaired) electrons. The van der Waals surface area contributed by atoms with Crippen LogP contribution in [0.1, 0.15) is 194 Å². The van der Waals surface area contributed by atoms with Crippen molar-refractivity contribution >= 4 is 25.7 Å². The van der Waals surface area contributed by atoms with Gasteiger partial charge in [-0.3, -0.25) is 18.6 Å². The molecule has 0 rings (SSSR count). The van der Waals surface area contributed by atoms with Gasteiger partial charge in [0.1, 0.15) is 12.7 Å². The monoisotopic (exact) mass is 762 g/mol. The Kier molecular flexibility index (Phi) is 35.0. The van der Waals surface area contributed by atoms with Crippen LogP contribution in [-0.4, -0.2) is 64.9 Å². The molecular weight excluding hydrogens is 685 g/mol. The number of amides is 1. The number of carbonyl (C=O) groups excluding carboxylic acids is 2. The van der Waals surface area contributed by atoms with Crippen molar-refractivity contribution in [2.75, 3.05) is 19.8 Å². The fourth-order valence-electron chi connectivity index (χ4n) is 5.78. The second-order valence-corrected chi connectivity index (χ2v) is 15.6. The van der Waals surface area contributed by atoms with Gasteiger partial charge in [-0.15, -0.1) is 0 Å². The van der Waals surface area contributed by atoms with Crippen LogP contribution in [0, 0.1) is 0 Å². The molecule has 0 saturated heterocycles. The van der Waals surface area contributed by atoms with Crippen molar-refractivity contribution in [3.63, 3.8) is 0 Å². The maximum Gasteiger partial charge on any atom is 0.472 e. The lowest BCUT2D eigenvalue weighted by Gasteiger charge is -2.18. The van der Waals surface area contributed by atoms with Gasteiger partial charge in [0.05, 0.1) is 13.2 Å². The van der Waals surface area contributed by atoms with E-state index in [1.165, 1.54) is 109 Å². The second kappa shape index (κ2) is 36.2. The largest absolute Gasteiger partial charge is 0.480 e. The topological polar surface area (TPSA) is 169 Å². The standard InChI is InChI=1S/C40H76NO10P/c1-3-5-7-9-11-13-15-16-17-18-19-20-21-22-24-26-28-30-32-39(44)49-33-36(42)34-50-52(47,48)51-35-37(40(45)46)41-38(43)31-29-27-25-23-14-12-10-8-6-4-2/h17-18,36-37,42H,3-16,19-35H2,1-2H3,(H,41,43)(H,45,46)(H,47,48)/b18-17-. The third-order valence-corrected chi connectivity index (χ3v) is 10.0. The minimum absolute atomic E-state index is 0.149. The molecule has 0 fully saturated rings. The van der Waals surface area contributed by atoms with E-state index in [1.807, 2.05) is 0 Å². The summed E-state index contributed by atoms with van der Waals surface area (Å²) < 4.78 is 26.7. The van der Waals surface area contributed by atoms with Gasteiger partial charge < -0.3 is 25.2 Å². The van der Waals surface area contributed by atoms with Gasteiger partial charge in [-0.05, 0) is 38.5 Å². The molecule has 0 aromatic carbocycles. The molecular formula is C40H76NO10P. The second-order valence-electron chi connectivity index (χ2n) is 14.2. The number of hydrogen-bond acceptors (Lipinski definition) is 8. The molecule has 3 atom stereocenters. The summed E-state index contributed by atoms with van der Waals surface area (Å²) in [4.78, 5) is 45.7. The van der Waals surface area contributed by atoms with Gasteiger partial charge in [0.2, 0.25) is 5.91 Å². The van der Waals surface area contributed by atoms with Gasteiger partial charge in [0.25, 0.3) is 0 Å². The molecule has 0 bridgehead atoms. The Morgan fingerprint density at radius 3 is 1.46 bits per heavy atom. The van der Waals surface area contributed by atoms with E-state index in [1.54, 1.807) is 0 Å². The number of aliphatic carboxylic acids is 1. The third kappa shape index (κ3) is 35.3. The minimum Gasteiger partial charge on any atom is -0.480 e. The van der Waals surface area contributed by atoms with E-state index in [2.05, 4.69) is 31.3 Å². The van der Waals surface area contributed by atoms with E-state index in [9.17, 15) is 34.1 Å². The molecule has 3 unspecified atom stereocenters. The van der Waals surface area contributed by atoms with Crippen LogP contribution in [0.15, 0.2) is 12.2 Å². The SMILES string of the molecule is CCCCCCCCC/C=C\CCCCCCCCCC(=O)OCC(O)COP(=O)(O)OCC(NC(=O)CCCCCCCCCCCC)C(=O)O. The molecule has 1 amide bonds. The van der Waals surface area contributed by atoms with Crippen molar-refractivity contribution in [3.05, 3.63) is 12.2 Å². The van der Waals surface area contributed by atoms with Gasteiger partial charge >= 0.3 is 19.8 Å². The zero-order valence-electron chi connectivity index (χ0n) is 32.9. The molecule has 0 aliphatic carbocycles. The summed E-state index contributed by atoms with van der Waals surface area (Å²) in [5.41, 5.74) is 0. The molecule has 0 heterocycles. The number of unbranched alkanes of at least 4 members (excludes halogenated alkanes) is 23. The average Bonchev–Trinajstić information content (AvgIpc) is 3.11. The number of carboxylic acids is 1. The van der Waals surface area contributed by atoms with Crippen LogP contribution in [-0.2, 0) is 32.7 Å². The summed E-state index contributed by atoms with van der Waals surface area (Å²) in [6, 6.07) is -1.54. The van der Waals surface area contributed by atoms with Crippen LogP contribution < -0.4 is 5.32 Å².